The Bertz CT molecular complexity index is 336. The van der Waals surface area contributed by atoms with E-state index in [1.807, 2.05) is 0 Å². The molecule has 3 nitrogen and oxygen atoms in total. The van der Waals surface area contributed by atoms with Crippen molar-refractivity contribution in [2.45, 2.75) is 6.04 Å². The maximum atomic E-state index is 12.9. The molecule has 0 aromatic heterocycles. The third-order valence-corrected chi connectivity index (χ3v) is 2.16. The highest BCUT2D eigenvalue weighted by molar-refractivity contribution is 9.10. The van der Waals surface area contributed by atoms with Crippen molar-refractivity contribution >= 4 is 21.9 Å². The first kappa shape index (κ1) is 11.1. The monoisotopic (exact) mass is 261 g/mol. The molecule has 5 heteroatoms. The molecule has 2 N–H and O–H groups in total. The Morgan fingerprint density at radius 2 is 2.21 bits per heavy atom. The summed E-state index contributed by atoms with van der Waals surface area (Å²) in [6, 6.07) is 3.11. The highest BCUT2D eigenvalue weighted by atomic mass is 79.9. The predicted molar refractivity (Wildman–Crippen MR) is 53.0 cm³/mol. The molecule has 0 amide bonds. The van der Waals surface area contributed by atoms with E-state index in [1.54, 1.807) is 6.07 Å². The van der Waals surface area contributed by atoms with Crippen molar-refractivity contribution in [1.29, 1.82) is 0 Å². The largest absolute Gasteiger partial charge is 0.468 e. The summed E-state index contributed by atoms with van der Waals surface area (Å²) in [6.45, 7) is 0. The van der Waals surface area contributed by atoms with E-state index < -0.39 is 17.8 Å². The molecule has 0 saturated heterocycles. The van der Waals surface area contributed by atoms with Crippen molar-refractivity contribution in [2.75, 3.05) is 7.11 Å². The minimum absolute atomic E-state index is 0.378. The van der Waals surface area contributed by atoms with Crippen LogP contribution in [0.3, 0.4) is 0 Å². The van der Waals surface area contributed by atoms with Gasteiger partial charge in [-0.1, -0.05) is 15.9 Å². The minimum atomic E-state index is -0.952. The highest BCUT2D eigenvalue weighted by Crippen LogP contribution is 2.19. The summed E-state index contributed by atoms with van der Waals surface area (Å²) in [4.78, 5) is 11.0. The van der Waals surface area contributed by atoms with Crippen LogP contribution in [0.4, 0.5) is 4.39 Å². The molecule has 14 heavy (non-hydrogen) atoms. The first-order valence-electron chi connectivity index (χ1n) is 3.84. The van der Waals surface area contributed by atoms with E-state index in [-0.39, 0.29) is 0 Å². The van der Waals surface area contributed by atoms with Crippen LogP contribution in [0.1, 0.15) is 11.6 Å². The second-order valence-electron chi connectivity index (χ2n) is 2.70. The Hall–Kier alpha value is -0.940. The predicted octanol–water partition coefficient (Wildman–Crippen LogP) is 1.76. The van der Waals surface area contributed by atoms with Crippen LogP contribution >= 0.6 is 15.9 Å². The summed E-state index contributed by atoms with van der Waals surface area (Å²) in [7, 11) is 1.23. The van der Waals surface area contributed by atoms with E-state index in [9.17, 15) is 9.18 Å². The number of methoxy groups -OCH3 is 1. The molecule has 0 fully saturated rings. The number of rotatable bonds is 2. The van der Waals surface area contributed by atoms with Gasteiger partial charge in [0.2, 0.25) is 0 Å². The molecule has 0 bridgehead atoms. The second-order valence-corrected chi connectivity index (χ2v) is 3.62. The van der Waals surface area contributed by atoms with Crippen molar-refractivity contribution in [2.24, 2.45) is 5.73 Å². The average Bonchev–Trinajstić information content (AvgIpc) is 2.14. The van der Waals surface area contributed by atoms with Crippen LogP contribution in [0.25, 0.3) is 0 Å². The van der Waals surface area contributed by atoms with E-state index in [4.69, 9.17) is 5.73 Å². The fourth-order valence-electron chi connectivity index (χ4n) is 1.02. The molecule has 76 valence electrons. The maximum absolute atomic E-state index is 12.9. The van der Waals surface area contributed by atoms with Crippen LogP contribution in [0, 0.1) is 5.82 Å². The standard InChI is InChI=1S/C9H9BrFNO2/c1-14-9(13)8(12)5-2-6(10)4-7(11)3-5/h2-4,8H,12H2,1H3/t8-/m1/s1. The molecule has 0 radical (unpaired) electrons. The Balaban J connectivity index is 3.00. The molecule has 0 aliphatic carbocycles. The maximum Gasteiger partial charge on any atom is 0.327 e. The van der Waals surface area contributed by atoms with Gasteiger partial charge in [-0.3, -0.25) is 4.79 Å². The van der Waals surface area contributed by atoms with E-state index in [1.165, 1.54) is 19.2 Å². The van der Waals surface area contributed by atoms with Crippen LogP contribution < -0.4 is 5.73 Å². The number of hydrogen-bond acceptors (Lipinski definition) is 3. The van der Waals surface area contributed by atoms with Crippen molar-refractivity contribution < 1.29 is 13.9 Å². The molecule has 1 aromatic rings. The smallest absolute Gasteiger partial charge is 0.327 e. The van der Waals surface area contributed by atoms with E-state index in [0.29, 0.717) is 10.0 Å². The van der Waals surface area contributed by atoms with Crippen molar-refractivity contribution in [3.05, 3.63) is 34.1 Å². The molecule has 1 rings (SSSR count). The van der Waals surface area contributed by atoms with Gasteiger partial charge in [0.05, 0.1) is 7.11 Å². The number of ether oxygens (including phenoxy) is 1. The first-order chi connectivity index (χ1) is 6.54. The van der Waals surface area contributed by atoms with Crippen LogP contribution in [0.2, 0.25) is 0 Å². The van der Waals surface area contributed by atoms with Gasteiger partial charge in [0, 0.05) is 4.47 Å². The SMILES string of the molecule is COC(=O)[C@H](N)c1cc(F)cc(Br)c1. The van der Waals surface area contributed by atoms with Gasteiger partial charge in [0.1, 0.15) is 11.9 Å². The van der Waals surface area contributed by atoms with Gasteiger partial charge < -0.3 is 10.5 Å². The fraction of sp³-hybridized carbons (Fsp3) is 0.222. The third-order valence-electron chi connectivity index (χ3n) is 1.70. The molecule has 0 aliphatic heterocycles. The lowest BCUT2D eigenvalue weighted by molar-refractivity contribution is -0.142. The Labute approximate surface area is 89.2 Å². The Morgan fingerprint density at radius 1 is 1.57 bits per heavy atom. The zero-order chi connectivity index (χ0) is 10.7. The summed E-state index contributed by atoms with van der Waals surface area (Å²) >= 11 is 3.10. The number of nitrogens with two attached hydrogens (primary N) is 1. The summed E-state index contributed by atoms with van der Waals surface area (Å²) in [6.07, 6.45) is 0. The number of hydrogen-bond donors (Lipinski definition) is 1. The number of carbonyl (C=O) groups is 1. The number of esters is 1. The van der Waals surface area contributed by atoms with Gasteiger partial charge in [-0.05, 0) is 23.8 Å². The van der Waals surface area contributed by atoms with Crippen LogP contribution in [0.5, 0.6) is 0 Å². The van der Waals surface area contributed by atoms with E-state index >= 15 is 0 Å². The molecule has 0 spiro atoms. The van der Waals surface area contributed by atoms with Crippen LogP contribution in [-0.4, -0.2) is 13.1 Å². The van der Waals surface area contributed by atoms with Crippen LogP contribution in [0.15, 0.2) is 22.7 Å². The van der Waals surface area contributed by atoms with Gasteiger partial charge in [-0.25, -0.2) is 4.39 Å². The summed E-state index contributed by atoms with van der Waals surface area (Å²) < 4.78 is 17.9. The molecular weight excluding hydrogens is 253 g/mol. The molecule has 0 unspecified atom stereocenters. The third kappa shape index (κ3) is 2.52. The number of carbonyl (C=O) groups excluding carboxylic acids is 1. The van der Waals surface area contributed by atoms with Crippen molar-refractivity contribution in [3.63, 3.8) is 0 Å². The van der Waals surface area contributed by atoms with Crippen molar-refractivity contribution in [3.8, 4) is 0 Å². The van der Waals surface area contributed by atoms with Gasteiger partial charge in [0.25, 0.3) is 0 Å². The second kappa shape index (κ2) is 4.52. The van der Waals surface area contributed by atoms with E-state index in [2.05, 4.69) is 20.7 Å². The Kier molecular flexibility index (Phi) is 3.60. The Morgan fingerprint density at radius 3 is 2.71 bits per heavy atom. The number of benzene rings is 1. The summed E-state index contributed by atoms with van der Waals surface area (Å²) in [5, 5.41) is 0. The highest BCUT2D eigenvalue weighted by Gasteiger charge is 2.17. The zero-order valence-electron chi connectivity index (χ0n) is 7.46. The van der Waals surface area contributed by atoms with Crippen LogP contribution in [-0.2, 0) is 9.53 Å². The van der Waals surface area contributed by atoms with Gasteiger partial charge in [-0.15, -0.1) is 0 Å². The first-order valence-corrected chi connectivity index (χ1v) is 4.63. The normalized spacial score (nSPS) is 12.3. The number of halogens is 2. The van der Waals surface area contributed by atoms with Gasteiger partial charge in [0.15, 0.2) is 0 Å². The molecule has 0 saturated carbocycles. The quantitative estimate of drug-likeness (QED) is 0.826. The van der Waals surface area contributed by atoms with E-state index in [0.717, 1.165) is 0 Å². The fourth-order valence-corrected chi connectivity index (χ4v) is 1.50. The lowest BCUT2D eigenvalue weighted by atomic mass is 10.1. The molecular formula is C9H9BrFNO2. The van der Waals surface area contributed by atoms with Gasteiger partial charge >= 0.3 is 5.97 Å². The summed E-state index contributed by atoms with van der Waals surface area (Å²) in [5.74, 6) is -1.05. The van der Waals surface area contributed by atoms with Gasteiger partial charge in [-0.2, -0.15) is 0 Å². The lowest BCUT2D eigenvalue weighted by Crippen LogP contribution is -2.22. The topological polar surface area (TPSA) is 52.3 Å². The summed E-state index contributed by atoms with van der Waals surface area (Å²) in [5.41, 5.74) is 5.90. The average molecular weight is 262 g/mol. The van der Waals surface area contributed by atoms with Crippen molar-refractivity contribution in [1.82, 2.24) is 0 Å². The molecule has 0 heterocycles. The molecule has 1 aromatic carbocycles. The molecule has 1 atom stereocenters. The lowest BCUT2D eigenvalue weighted by Gasteiger charge is -2.09. The molecule has 0 aliphatic rings. The minimum Gasteiger partial charge on any atom is -0.468 e. The zero-order valence-corrected chi connectivity index (χ0v) is 9.05.